The van der Waals surface area contributed by atoms with E-state index >= 15 is 0 Å². The van der Waals surface area contributed by atoms with Crippen LogP contribution in [0.4, 0.5) is 0 Å². The van der Waals surface area contributed by atoms with Gasteiger partial charge >= 0.3 is 5.97 Å². The first-order valence-electron chi connectivity index (χ1n) is 8.68. The summed E-state index contributed by atoms with van der Waals surface area (Å²) in [5.74, 6) is -0.429. The fourth-order valence-corrected chi connectivity index (χ4v) is 2.62. The standard InChI is InChI=1S/C18H36O2/c1-5-6-7-8-9-10-11-12-13-14-15-18(4,16(2)3)17(19)20/h16H,5-15H2,1-4H3,(H,19,20). The van der Waals surface area contributed by atoms with E-state index in [0.717, 1.165) is 12.8 Å². The summed E-state index contributed by atoms with van der Waals surface area (Å²) in [6.45, 7) is 8.19. The van der Waals surface area contributed by atoms with Gasteiger partial charge < -0.3 is 5.11 Å². The predicted molar refractivity (Wildman–Crippen MR) is 87.0 cm³/mol. The van der Waals surface area contributed by atoms with Crippen LogP contribution in [0.15, 0.2) is 0 Å². The van der Waals surface area contributed by atoms with Crippen LogP contribution < -0.4 is 0 Å². The Kier molecular flexibility index (Phi) is 10.9. The monoisotopic (exact) mass is 284 g/mol. The summed E-state index contributed by atoms with van der Waals surface area (Å²) in [5, 5.41) is 9.35. The van der Waals surface area contributed by atoms with Crippen molar-refractivity contribution in [3.8, 4) is 0 Å². The number of rotatable bonds is 13. The summed E-state index contributed by atoms with van der Waals surface area (Å²) in [7, 11) is 0. The Balaban J connectivity index is 3.54. The third kappa shape index (κ3) is 7.91. The number of hydrogen-bond acceptors (Lipinski definition) is 1. The second-order valence-electron chi connectivity index (χ2n) is 6.81. The Morgan fingerprint density at radius 2 is 1.30 bits per heavy atom. The molecule has 0 spiro atoms. The molecule has 0 aliphatic rings. The van der Waals surface area contributed by atoms with Gasteiger partial charge in [-0.25, -0.2) is 0 Å². The first-order chi connectivity index (χ1) is 9.45. The van der Waals surface area contributed by atoms with Crippen molar-refractivity contribution in [3.05, 3.63) is 0 Å². The molecule has 0 saturated carbocycles. The highest BCUT2D eigenvalue weighted by atomic mass is 16.4. The zero-order chi connectivity index (χ0) is 15.4. The molecule has 0 aromatic heterocycles. The van der Waals surface area contributed by atoms with Crippen molar-refractivity contribution >= 4 is 5.97 Å². The third-order valence-corrected chi connectivity index (χ3v) is 4.81. The van der Waals surface area contributed by atoms with E-state index in [2.05, 4.69) is 6.92 Å². The van der Waals surface area contributed by atoms with E-state index in [1.165, 1.54) is 57.8 Å². The van der Waals surface area contributed by atoms with Crippen LogP contribution in [0, 0.1) is 11.3 Å². The Morgan fingerprint density at radius 3 is 1.65 bits per heavy atom. The van der Waals surface area contributed by atoms with Crippen molar-refractivity contribution in [1.82, 2.24) is 0 Å². The average molecular weight is 284 g/mol. The molecule has 2 nitrogen and oxygen atoms in total. The minimum Gasteiger partial charge on any atom is -0.481 e. The second-order valence-corrected chi connectivity index (χ2v) is 6.81. The van der Waals surface area contributed by atoms with Crippen molar-refractivity contribution in [1.29, 1.82) is 0 Å². The molecule has 0 aromatic rings. The highest BCUT2D eigenvalue weighted by molar-refractivity contribution is 5.74. The highest BCUT2D eigenvalue weighted by Crippen LogP contribution is 2.33. The molecular weight excluding hydrogens is 248 g/mol. The van der Waals surface area contributed by atoms with Gasteiger partial charge in [0.05, 0.1) is 5.41 Å². The number of aliphatic carboxylic acids is 1. The van der Waals surface area contributed by atoms with Crippen molar-refractivity contribution < 1.29 is 9.90 Å². The highest BCUT2D eigenvalue weighted by Gasteiger charge is 2.35. The first kappa shape index (κ1) is 19.5. The zero-order valence-electron chi connectivity index (χ0n) is 14.2. The maximum absolute atomic E-state index is 11.4. The molecule has 0 aliphatic heterocycles. The van der Waals surface area contributed by atoms with E-state index in [0.29, 0.717) is 0 Å². The van der Waals surface area contributed by atoms with Gasteiger partial charge in [-0.3, -0.25) is 4.79 Å². The number of carboxylic acids is 1. The maximum Gasteiger partial charge on any atom is 0.309 e. The molecule has 0 bridgehead atoms. The first-order valence-corrected chi connectivity index (χ1v) is 8.68. The Hall–Kier alpha value is -0.530. The van der Waals surface area contributed by atoms with Crippen molar-refractivity contribution in [3.63, 3.8) is 0 Å². The predicted octanol–water partition coefficient (Wildman–Crippen LogP) is 6.04. The molecular formula is C18H36O2. The smallest absolute Gasteiger partial charge is 0.309 e. The quantitative estimate of drug-likeness (QED) is 0.418. The van der Waals surface area contributed by atoms with Crippen LogP contribution in [0.25, 0.3) is 0 Å². The Labute approximate surface area is 126 Å². The Morgan fingerprint density at radius 1 is 0.900 bits per heavy atom. The lowest BCUT2D eigenvalue weighted by Crippen LogP contribution is -2.33. The van der Waals surface area contributed by atoms with E-state index in [1.54, 1.807) is 0 Å². The normalized spacial score (nSPS) is 14.4. The van der Waals surface area contributed by atoms with Crippen LogP contribution in [0.2, 0.25) is 0 Å². The third-order valence-electron chi connectivity index (χ3n) is 4.81. The summed E-state index contributed by atoms with van der Waals surface area (Å²) in [5.41, 5.74) is -0.542. The van der Waals surface area contributed by atoms with Crippen LogP contribution >= 0.6 is 0 Å². The van der Waals surface area contributed by atoms with Gasteiger partial charge in [0.25, 0.3) is 0 Å². The maximum atomic E-state index is 11.4. The van der Waals surface area contributed by atoms with Crippen molar-refractivity contribution in [2.24, 2.45) is 11.3 Å². The average Bonchev–Trinajstić information content (AvgIpc) is 2.40. The largest absolute Gasteiger partial charge is 0.481 e. The topological polar surface area (TPSA) is 37.3 Å². The lowest BCUT2D eigenvalue weighted by Gasteiger charge is -2.29. The molecule has 0 rings (SSSR count). The molecule has 0 heterocycles. The number of hydrogen-bond donors (Lipinski definition) is 1. The number of unbranched alkanes of at least 4 members (excludes halogenated alkanes) is 9. The molecule has 1 N–H and O–H groups in total. The molecule has 2 heteroatoms. The fourth-order valence-electron chi connectivity index (χ4n) is 2.62. The summed E-state index contributed by atoms with van der Waals surface area (Å²) < 4.78 is 0. The van der Waals surface area contributed by atoms with Crippen LogP contribution in [-0.2, 0) is 4.79 Å². The summed E-state index contributed by atoms with van der Waals surface area (Å²) in [6, 6.07) is 0. The summed E-state index contributed by atoms with van der Waals surface area (Å²) in [4.78, 5) is 11.4. The minimum atomic E-state index is -0.636. The summed E-state index contributed by atoms with van der Waals surface area (Å²) >= 11 is 0. The van der Waals surface area contributed by atoms with Crippen LogP contribution in [0.3, 0.4) is 0 Å². The van der Waals surface area contributed by atoms with Crippen LogP contribution in [0.5, 0.6) is 0 Å². The van der Waals surface area contributed by atoms with E-state index in [4.69, 9.17) is 0 Å². The van der Waals surface area contributed by atoms with Gasteiger partial charge in [0.15, 0.2) is 0 Å². The molecule has 1 unspecified atom stereocenters. The van der Waals surface area contributed by atoms with Gasteiger partial charge in [0, 0.05) is 0 Å². The minimum absolute atomic E-state index is 0.207. The van der Waals surface area contributed by atoms with Crippen molar-refractivity contribution in [2.45, 2.75) is 98.3 Å². The van der Waals surface area contributed by atoms with Crippen LogP contribution in [0.1, 0.15) is 98.3 Å². The Bertz CT molecular complexity index is 248. The molecule has 20 heavy (non-hydrogen) atoms. The fraction of sp³-hybridized carbons (Fsp3) is 0.944. The molecule has 0 amide bonds. The molecule has 0 aliphatic carbocycles. The molecule has 120 valence electrons. The molecule has 0 radical (unpaired) electrons. The SMILES string of the molecule is CCCCCCCCCCCCC(C)(C(=O)O)C(C)C. The lowest BCUT2D eigenvalue weighted by atomic mass is 9.75. The molecule has 0 fully saturated rings. The van der Waals surface area contributed by atoms with Gasteiger partial charge in [0.2, 0.25) is 0 Å². The van der Waals surface area contributed by atoms with Gasteiger partial charge in [-0.15, -0.1) is 0 Å². The van der Waals surface area contributed by atoms with Gasteiger partial charge in [-0.1, -0.05) is 85.0 Å². The van der Waals surface area contributed by atoms with E-state index in [1.807, 2.05) is 20.8 Å². The van der Waals surface area contributed by atoms with Crippen LogP contribution in [-0.4, -0.2) is 11.1 Å². The zero-order valence-corrected chi connectivity index (χ0v) is 14.2. The van der Waals surface area contributed by atoms with Gasteiger partial charge in [-0.2, -0.15) is 0 Å². The molecule has 0 saturated heterocycles. The van der Waals surface area contributed by atoms with E-state index < -0.39 is 11.4 Å². The summed E-state index contributed by atoms with van der Waals surface area (Å²) in [6.07, 6.45) is 13.8. The molecule has 1 atom stereocenters. The van der Waals surface area contributed by atoms with Gasteiger partial charge in [-0.05, 0) is 19.3 Å². The second kappa shape index (κ2) is 11.2. The van der Waals surface area contributed by atoms with Gasteiger partial charge in [0.1, 0.15) is 0 Å². The number of carbonyl (C=O) groups is 1. The molecule has 0 aromatic carbocycles. The van der Waals surface area contributed by atoms with Crippen molar-refractivity contribution in [2.75, 3.05) is 0 Å². The van der Waals surface area contributed by atoms with E-state index in [9.17, 15) is 9.90 Å². The lowest BCUT2D eigenvalue weighted by molar-refractivity contribution is -0.151. The number of carboxylic acid groups (broad SMARTS) is 1. The van der Waals surface area contributed by atoms with E-state index in [-0.39, 0.29) is 5.92 Å².